The van der Waals surface area contributed by atoms with Crippen LogP contribution in [0.4, 0.5) is 4.39 Å². The molecule has 0 bridgehead atoms. The normalized spacial score (nSPS) is 10.7. The zero-order chi connectivity index (χ0) is 10.1. The van der Waals surface area contributed by atoms with Crippen molar-refractivity contribution in [2.45, 2.75) is 13.3 Å². The lowest BCUT2D eigenvalue weighted by molar-refractivity contribution is 0.112. The molecule has 1 heterocycles. The molecule has 0 radical (unpaired) electrons. The van der Waals surface area contributed by atoms with Crippen LogP contribution in [0.5, 0.6) is 0 Å². The lowest BCUT2D eigenvalue weighted by atomic mass is 10.1. The monoisotopic (exact) mass is 208 g/mol. The van der Waals surface area contributed by atoms with E-state index in [1.165, 1.54) is 11.3 Å². The first kappa shape index (κ1) is 9.34. The second-order valence-corrected chi connectivity index (χ2v) is 3.99. The molecule has 0 amide bonds. The maximum Gasteiger partial charge on any atom is 0.153 e. The minimum Gasteiger partial charge on any atom is -0.298 e. The van der Waals surface area contributed by atoms with Gasteiger partial charge in [-0.25, -0.2) is 4.39 Å². The van der Waals surface area contributed by atoms with Crippen LogP contribution in [0, 0.1) is 5.82 Å². The molecule has 0 aliphatic heterocycles. The molecule has 14 heavy (non-hydrogen) atoms. The fourth-order valence-corrected chi connectivity index (χ4v) is 2.53. The zero-order valence-electron chi connectivity index (χ0n) is 7.71. The first-order valence-corrected chi connectivity index (χ1v) is 5.29. The van der Waals surface area contributed by atoms with E-state index in [0.717, 1.165) is 16.7 Å². The van der Waals surface area contributed by atoms with Crippen molar-refractivity contribution in [2.75, 3.05) is 0 Å². The highest BCUT2D eigenvalue weighted by molar-refractivity contribution is 7.17. The number of benzene rings is 1. The van der Waals surface area contributed by atoms with Gasteiger partial charge in [0, 0.05) is 10.1 Å². The number of carbonyl (C=O) groups is 1. The van der Waals surface area contributed by atoms with E-state index in [0.29, 0.717) is 11.7 Å². The van der Waals surface area contributed by atoms with E-state index >= 15 is 0 Å². The Balaban J connectivity index is 2.86. The fourth-order valence-electron chi connectivity index (χ4n) is 1.55. The van der Waals surface area contributed by atoms with Gasteiger partial charge in [0.15, 0.2) is 6.29 Å². The number of thiophene rings is 1. The van der Waals surface area contributed by atoms with E-state index in [2.05, 4.69) is 0 Å². The summed E-state index contributed by atoms with van der Waals surface area (Å²) in [5, 5.41) is 2.41. The predicted octanol–water partition coefficient (Wildman–Crippen LogP) is 3.42. The van der Waals surface area contributed by atoms with Crippen molar-refractivity contribution in [3.8, 4) is 0 Å². The number of rotatable bonds is 2. The predicted molar refractivity (Wildman–Crippen MR) is 56.5 cm³/mol. The Morgan fingerprint density at radius 1 is 1.57 bits per heavy atom. The second-order valence-electron chi connectivity index (χ2n) is 3.07. The molecule has 0 saturated carbocycles. The Labute approximate surface area is 85.2 Å². The molecule has 0 unspecified atom stereocenters. The maximum atomic E-state index is 13.6. The van der Waals surface area contributed by atoms with E-state index in [1.807, 2.05) is 12.3 Å². The average Bonchev–Trinajstić information content (AvgIpc) is 2.68. The highest BCUT2D eigenvalue weighted by atomic mass is 32.1. The summed E-state index contributed by atoms with van der Waals surface area (Å²) in [6.45, 7) is 2.00. The molecule has 0 N–H and O–H groups in total. The lowest BCUT2D eigenvalue weighted by Crippen LogP contribution is -1.91. The molecule has 72 valence electrons. The number of hydrogen-bond acceptors (Lipinski definition) is 2. The third-order valence-electron chi connectivity index (χ3n) is 2.28. The van der Waals surface area contributed by atoms with Crippen LogP contribution in [0.15, 0.2) is 17.5 Å². The minimum absolute atomic E-state index is 0.160. The van der Waals surface area contributed by atoms with E-state index in [4.69, 9.17) is 0 Å². The summed E-state index contributed by atoms with van der Waals surface area (Å²) in [4.78, 5) is 10.6. The molecular weight excluding hydrogens is 199 g/mol. The first-order chi connectivity index (χ1) is 6.77. The Hall–Kier alpha value is -1.22. The molecule has 0 aliphatic carbocycles. The second kappa shape index (κ2) is 3.50. The smallest absolute Gasteiger partial charge is 0.153 e. The van der Waals surface area contributed by atoms with Gasteiger partial charge in [-0.3, -0.25) is 4.79 Å². The SMILES string of the molecule is CCc1cc(C=O)c(F)c2ccsc12. The Morgan fingerprint density at radius 2 is 2.36 bits per heavy atom. The topological polar surface area (TPSA) is 17.1 Å². The fraction of sp³-hybridized carbons (Fsp3) is 0.182. The molecule has 0 aliphatic rings. The lowest BCUT2D eigenvalue weighted by Gasteiger charge is -2.02. The van der Waals surface area contributed by atoms with Crippen molar-refractivity contribution in [2.24, 2.45) is 0 Å². The van der Waals surface area contributed by atoms with Gasteiger partial charge in [-0.15, -0.1) is 11.3 Å². The van der Waals surface area contributed by atoms with Crippen molar-refractivity contribution in [1.82, 2.24) is 0 Å². The molecule has 0 spiro atoms. The molecule has 1 aromatic carbocycles. The van der Waals surface area contributed by atoms with Crippen LogP contribution >= 0.6 is 11.3 Å². The molecule has 0 fully saturated rings. The van der Waals surface area contributed by atoms with Gasteiger partial charge in [0.2, 0.25) is 0 Å². The Bertz CT molecular complexity index is 487. The van der Waals surface area contributed by atoms with E-state index in [9.17, 15) is 9.18 Å². The number of carbonyl (C=O) groups excluding carboxylic acids is 1. The van der Waals surface area contributed by atoms with Crippen molar-refractivity contribution in [3.63, 3.8) is 0 Å². The van der Waals surface area contributed by atoms with Crippen molar-refractivity contribution in [3.05, 3.63) is 34.5 Å². The van der Waals surface area contributed by atoms with E-state index < -0.39 is 5.82 Å². The molecular formula is C11H9FOS. The quantitative estimate of drug-likeness (QED) is 0.691. The van der Waals surface area contributed by atoms with Crippen LogP contribution < -0.4 is 0 Å². The molecule has 1 aromatic heterocycles. The summed E-state index contributed by atoms with van der Waals surface area (Å²) in [6, 6.07) is 3.36. The van der Waals surface area contributed by atoms with Crippen molar-refractivity contribution >= 4 is 27.7 Å². The van der Waals surface area contributed by atoms with Gasteiger partial charge in [-0.2, -0.15) is 0 Å². The van der Waals surface area contributed by atoms with Gasteiger partial charge in [0.25, 0.3) is 0 Å². The molecule has 2 rings (SSSR count). The highest BCUT2D eigenvalue weighted by Gasteiger charge is 2.11. The zero-order valence-corrected chi connectivity index (χ0v) is 8.53. The summed E-state index contributed by atoms with van der Waals surface area (Å²) >= 11 is 1.52. The van der Waals surface area contributed by atoms with Crippen LogP contribution in [-0.2, 0) is 6.42 Å². The average molecular weight is 208 g/mol. The molecule has 0 saturated heterocycles. The maximum absolute atomic E-state index is 13.6. The largest absolute Gasteiger partial charge is 0.298 e. The first-order valence-electron chi connectivity index (χ1n) is 4.41. The van der Waals surface area contributed by atoms with Crippen LogP contribution in [0.3, 0.4) is 0 Å². The van der Waals surface area contributed by atoms with Gasteiger partial charge < -0.3 is 0 Å². The van der Waals surface area contributed by atoms with Gasteiger partial charge in [-0.05, 0) is 29.5 Å². The van der Waals surface area contributed by atoms with Crippen LogP contribution in [0.25, 0.3) is 10.1 Å². The van der Waals surface area contributed by atoms with Crippen molar-refractivity contribution < 1.29 is 9.18 Å². The summed E-state index contributed by atoms with van der Waals surface area (Å²) in [5.74, 6) is -0.395. The molecule has 0 atom stereocenters. The van der Waals surface area contributed by atoms with E-state index in [-0.39, 0.29) is 5.56 Å². The van der Waals surface area contributed by atoms with Gasteiger partial charge in [0.05, 0.1) is 5.56 Å². The molecule has 2 aromatic rings. The Morgan fingerprint density at radius 3 is 3.00 bits per heavy atom. The number of fused-ring (bicyclic) bond motifs is 1. The summed E-state index contributed by atoms with van der Waals surface area (Å²) in [6.07, 6.45) is 1.39. The van der Waals surface area contributed by atoms with Crippen molar-refractivity contribution in [1.29, 1.82) is 0 Å². The minimum atomic E-state index is -0.395. The van der Waals surface area contributed by atoms with Gasteiger partial charge in [-0.1, -0.05) is 6.92 Å². The number of halogens is 1. The van der Waals surface area contributed by atoms with Gasteiger partial charge in [0.1, 0.15) is 5.82 Å². The number of aryl methyl sites for hydroxylation is 1. The molecule has 1 nitrogen and oxygen atoms in total. The van der Waals surface area contributed by atoms with E-state index in [1.54, 1.807) is 12.1 Å². The van der Waals surface area contributed by atoms with Crippen LogP contribution in [0.1, 0.15) is 22.8 Å². The summed E-state index contributed by atoms with van der Waals surface area (Å²) < 4.78 is 14.5. The van der Waals surface area contributed by atoms with Gasteiger partial charge >= 0.3 is 0 Å². The van der Waals surface area contributed by atoms with Crippen LogP contribution in [-0.4, -0.2) is 6.29 Å². The number of aldehydes is 1. The molecule has 3 heteroatoms. The number of hydrogen-bond donors (Lipinski definition) is 0. The Kier molecular flexibility index (Phi) is 2.33. The third-order valence-corrected chi connectivity index (χ3v) is 3.27. The van der Waals surface area contributed by atoms with Crippen LogP contribution in [0.2, 0.25) is 0 Å². The summed E-state index contributed by atoms with van der Waals surface area (Å²) in [7, 11) is 0. The third kappa shape index (κ3) is 1.24. The standard InChI is InChI=1S/C11H9FOS/c1-2-7-5-8(6-13)10(12)9-3-4-14-11(7)9/h3-6H,2H2,1H3. The summed E-state index contributed by atoms with van der Waals surface area (Å²) in [5.41, 5.74) is 1.20. The highest BCUT2D eigenvalue weighted by Crippen LogP contribution is 2.29.